The van der Waals surface area contributed by atoms with Crippen LogP contribution < -0.4 is 10.6 Å². The minimum atomic E-state index is -0.376. The van der Waals surface area contributed by atoms with Crippen molar-refractivity contribution in [3.05, 3.63) is 53.4 Å². The number of benzene rings is 1. The molecule has 6 nitrogen and oxygen atoms in total. The molecular weight excluding hydrogens is 388 g/mol. The SMILES string of the molecule is CCCCn1nc(C)c(NC(=O)c2cccc(NC(=O)[C@]3(C)C[C@H]4C=C[C@H]3C4)c2)c1C. The van der Waals surface area contributed by atoms with Crippen molar-refractivity contribution in [2.24, 2.45) is 17.3 Å². The molecule has 164 valence electrons. The zero-order valence-electron chi connectivity index (χ0n) is 18.9. The van der Waals surface area contributed by atoms with Gasteiger partial charge in [0.25, 0.3) is 5.91 Å². The van der Waals surface area contributed by atoms with Crippen molar-refractivity contribution in [1.82, 2.24) is 9.78 Å². The lowest BCUT2D eigenvalue weighted by molar-refractivity contribution is -0.126. The molecule has 2 aromatic rings. The maximum absolute atomic E-state index is 13.0. The average Bonchev–Trinajstić information content (AvgIpc) is 3.42. The normalized spacial score (nSPS) is 23.9. The molecule has 2 bridgehead atoms. The number of rotatable bonds is 7. The lowest BCUT2D eigenvalue weighted by atomic mass is 9.77. The Hall–Kier alpha value is -2.89. The Balaban J connectivity index is 1.46. The van der Waals surface area contributed by atoms with Gasteiger partial charge in [-0.25, -0.2) is 0 Å². The number of aryl methyl sites for hydroxylation is 2. The summed E-state index contributed by atoms with van der Waals surface area (Å²) >= 11 is 0. The molecule has 0 unspecified atom stereocenters. The van der Waals surface area contributed by atoms with E-state index in [1.165, 1.54) is 0 Å². The molecule has 3 atom stereocenters. The van der Waals surface area contributed by atoms with E-state index in [9.17, 15) is 9.59 Å². The number of nitrogens with zero attached hydrogens (tertiary/aromatic N) is 2. The van der Waals surface area contributed by atoms with Gasteiger partial charge in [-0.05, 0) is 63.1 Å². The van der Waals surface area contributed by atoms with Gasteiger partial charge in [0.1, 0.15) is 0 Å². The highest BCUT2D eigenvalue weighted by Gasteiger charge is 2.49. The number of nitrogens with one attached hydrogen (secondary N) is 2. The molecule has 2 amide bonds. The van der Waals surface area contributed by atoms with Crippen molar-refractivity contribution < 1.29 is 9.59 Å². The van der Waals surface area contributed by atoms with E-state index in [0.29, 0.717) is 23.1 Å². The largest absolute Gasteiger partial charge is 0.326 e. The van der Waals surface area contributed by atoms with Gasteiger partial charge in [0.15, 0.2) is 0 Å². The molecule has 1 heterocycles. The second-order valence-corrected chi connectivity index (χ2v) is 9.22. The van der Waals surface area contributed by atoms with E-state index in [0.717, 1.165) is 49.3 Å². The number of carbonyl (C=O) groups excluding carboxylic acids is 2. The predicted octanol–water partition coefficient (Wildman–Crippen LogP) is 5.09. The van der Waals surface area contributed by atoms with Gasteiger partial charge < -0.3 is 10.6 Å². The van der Waals surface area contributed by atoms with Crippen LogP contribution in [0.3, 0.4) is 0 Å². The Kier molecular flexibility index (Phi) is 5.73. The maximum atomic E-state index is 13.0. The summed E-state index contributed by atoms with van der Waals surface area (Å²) in [6.07, 6.45) is 8.52. The molecule has 31 heavy (non-hydrogen) atoms. The topological polar surface area (TPSA) is 76.0 Å². The van der Waals surface area contributed by atoms with Gasteiger partial charge in [-0.15, -0.1) is 0 Å². The van der Waals surface area contributed by atoms with E-state index in [1.807, 2.05) is 24.6 Å². The van der Waals surface area contributed by atoms with Crippen LogP contribution in [0, 0.1) is 31.1 Å². The van der Waals surface area contributed by atoms with Crippen molar-refractivity contribution in [2.45, 2.75) is 59.9 Å². The molecule has 2 N–H and O–H groups in total. The molecule has 4 rings (SSSR count). The minimum absolute atomic E-state index is 0.0331. The number of carbonyl (C=O) groups is 2. The van der Waals surface area contributed by atoms with E-state index >= 15 is 0 Å². The van der Waals surface area contributed by atoms with E-state index in [1.54, 1.807) is 18.2 Å². The molecular formula is C25H32N4O2. The number of allylic oxidation sites excluding steroid dienone is 2. The molecule has 2 aliphatic rings. The molecule has 0 spiro atoms. The van der Waals surface area contributed by atoms with Crippen molar-refractivity contribution >= 4 is 23.2 Å². The lowest BCUT2D eigenvalue weighted by Gasteiger charge is -2.29. The third-order valence-electron chi connectivity index (χ3n) is 6.92. The molecule has 2 aliphatic carbocycles. The zero-order chi connectivity index (χ0) is 22.2. The first-order chi connectivity index (χ1) is 14.8. The second kappa shape index (κ2) is 8.33. The van der Waals surface area contributed by atoms with Crippen LogP contribution in [0.15, 0.2) is 36.4 Å². The minimum Gasteiger partial charge on any atom is -0.326 e. The summed E-state index contributed by atoms with van der Waals surface area (Å²) in [6.45, 7) is 8.93. The number of amides is 2. The second-order valence-electron chi connectivity index (χ2n) is 9.22. The molecule has 1 aromatic heterocycles. The fraction of sp³-hybridized carbons (Fsp3) is 0.480. The van der Waals surface area contributed by atoms with E-state index in [2.05, 4.69) is 41.7 Å². The summed E-state index contributed by atoms with van der Waals surface area (Å²) in [5, 5.41) is 10.6. The van der Waals surface area contributed by atoms with Crippen LogP contribution in [0.5, 0.6) is 0 Å². The van der Waals surface area contributed by atoms with Gasteiger partial charge in [0.2, 0.25) is 5.91 Å². The highest BCUT2D eigenvalue weighted by molar-refractivity contribution is 6.06. The van der Waals surface area contributed by atoms with Crippen molar-refractivity contribution in [3.63, 3.8) is 0 Å². The molecule has 1 fully saturated rings. The van der Waals surface area contributed by atoms with Crippen LogP contribution in [-0.2, 0) is 11.3 Å². The molecule has 0 radical (unpaired) electrons. The van der Waals surface area contributed by atoms with E-state index in [-0.39, 0.29) is 17.2 Å². The third-order valence-corrected chi connectivity index (χ3v) is 6.92. The van der Waals surface area contributed by atoms with Crippen molar-refractivity contribution in [2.75, 3.05) is 10.6 Å². The molecule has 1 aromatic carbocycles. The van der Waals surface area contributed by atoms with E-state index in [4.69, 9.17) is 0 Å². The molecule has 0 aliphatic heterocycles. The Morgan fingerprint density at radius 1 is 1.23 bits per heavy atom. The van der Waals surface area contributed by atoms with Gasteiger partial charge in [0.05, 0.1) is 22.5 Å². The summed E-state index contributed by atoms with van der Waals surface area (Å²) in [6, 6.07) is 7.14. The fourth-order valence-corrected chi connectivity index (χ4v) is 4.96. The first kappa shape index (κ1) is 21.3. The van der Waals surface area contributed by atoms with Crippen LogP contribution in [0.25, 0.3) is 0 Å². The smallest absolute Gasteiger partial charge is 0.255 e. The fourth-order valence-electron chi connectivity index (χ4n) is 4.96. The first-order valence-electron chi connectivity index (χ1n) is 11.3. The highest BCUT2D eigenvalue weighted by atomic mass is 16.2. The number of fused-ring (bicyclic) bond motifs is 2. The summed E-state index contributed by atoms with van der Waals surface area (Å²) in [5.74, 6) is 0.652. The number of unbranched alkanes of at least 4 members (excludes halogenated alkanes) is 1. The van der Waals surface area contributed by atoms with E-state index < -0.39 is 0 Å². The monoisotopic (exact) mass is 420 g/mol. The van der Waals surface area contributed by atoms with Crippen LogP contribution in [0.1, 0.15) is 61.3 Å². The Morgan fingerprint density at radius 2 is 2.03 bits per heavy atom. The number of hydrogen-bond acceptors (Lipinski definition) is 3. The molecule has 0 saturated heterocycles. The van der Waals surface area contributed by atoms with Crippen LogP contribution >= 0.6 is 0 Å². The van der Waals surface area contributed by atoms with Crippen LogP contribution in [0.4, 0.5) is 11.4 Å². The first-order valence-corrected chi connectivity index (χ1v) is 11.3. The molecule has 1 saturated carbocycles. The standard InChI is InChI=1S/C25H32N4O2/c1-5-6-12-29-17(3)22(16(2)28-29)27-23(30)19-8-7-9-21(14-19)26-24(31)25(4)15-18-10-11-20(25)13-18/h7-11,14,18,20H,5-6,12-13,15H2,1-4H3,(H,26,31)(H,27,30)/t18-,20-,25+/m0/s1. The van der Waals surface area contributed by atoms with Gasteiger partial charge >= 0.3 is 0 Å². The van der Waals surface area contributed by atoms with Crippen LogP contribution in [-0.4, -0.2) is 21.6 Å². The van der Waals surface area contributed by atoms with Gasteiger partial charge in [0, 0.05) is 17.8 Å². The Morgan fingerprint density at radius 3 is 2.71 bits per heavy atom. The summed E-state index contributed by atoms with van der Waals surface area (Å²) in [4.78, 5) is 26.0. The maximum Gasteiger partial charge on any atom is 0.255 e. The predicted molar refractivity (Wildman–Crippen MR) is 123 cm³/mol. The molecule has 6 heteroatoms. The Bertz CT molecular complexity index is 1040. The zero-order valence-corrected chi connectivity index (χ0v) is 18.9. The van der Waals surface area contributed by atoms with Gasteiger partial charge in [-0.3, -0.25) is 14.3 Å². The quantitative estimate of drug-likeness (QED) is 0.612. The number of anilines is 2. The van der Waals surface area contributed by atoms with Crippen molar-refractivity contribution in [1.29, 1.82) is 0 Å². The average molecular weight is 421 g/mol. The Labute approximate surface area is 184 Å². The van der Waals surface area contributed by atoms with Crippen molar-refractivity contribution in [3.8, 4) is 0 Å². The highest BCUT2D eigenvalue weighted by Crippen LogP contribution is 2.52. The lowest BCUT2D eigenvalue weighted by Crippen LogP contribution is -2.36. The van der Waals surface area contributed by atoms with Crippen LogP contribution in [0.2, 0.25) is 0 Å². The summed E-state index contributed by atoms with van der Waals surface area (Å²) in [5.41, 5.74) is 3.31. The van der Waals surface area contributed by atoms with Gasteiger partial charge in [-0.2, -0.15) is 5.10 Å². The number of aromatic nitrogens is 2. The summed E-state index contributed by atoms with van der Waals surface area (Å²) in [7, 11) is 0. The van der Waals surface area contributed by atoms with Gasteiger partial charge in [-0.1, -0.05) is 38.5 Å². The third kappa shape index (κ3) is 4.03. The number of hydrogen-bond donors (Lipinski definition) is 2. The summed E-state index contributed by atoms with van der Waals surface area (Å²) < 4.78 is 1.95.